The van der Waals surface area contributed by atoms with Crippen molar-refractivity contribution in [1.29, 1.82) is 0 Å². The second-order valence-corrected chi connectivity index (χ2v) is 12.8. The zero-order valence-corrected chi connectivity index (χ0v) is 23.8. The first-order chi connectivity index (χ1) is 18.2. The van der Waals surface area contributed by atoms with Crippen LogP contribution in [0, 0.1) is 11.7 Å². The highest BCUT2D eigenvalue weighted by Crippen LogP contribution is 2.37. The van der Waals surface area contributed by atoms with E-state index in [1.54, 1.807) is 36.1 Å². The largest absolute Gasteiger partial charge is 0.368 e. The van der Waals surface area contributed by atoms with E-state index in [1.165, 1.54) is 16.4 Å². The second-order valence-electron chi connectivity index (χ2n) is 10.1. The van der Waals surface area contributed by atoms with Gasteiger partial charge in [0.25, 0.3) is 0 Å². The van der Waals surface area contributed by atoms with Gasteiger partial charge in [-0.25, -0.2) is 12.8 Å². The first-order valence-electron chi connectivity index (χ1n) is 13.1. The summed E-state index contributed by atoms with van der Waals surface area (Å²) in [6, 6.07) is 9.76. The van der Waals surface area contributed by atoms with E-state index in [-0.39, 0.29) is 29.1 Å². The Morgan fingerprint density at radius 2 is 1.74 bits per heavy atom. The van der Waals surface area contributed by atoms with Gasteiger partial charge >= 0.3 is 0 Å². The van der Waals surface area contributed by atoms with Crippen LogP contribution in [0.1, 0.15) is 31.7 Å². The molecular formula is C27H32BrFN4O4S. The number of carbonyl (C=O) groups excluding carboxylic acids is 2. The Labute approximate surface area is 231 Å². The van der Waals surface area contributed by atoms with Crippen LogP contribution in [-0.2, 0) is 26.0 Å². The lowest BCUT2D eigenvalue weighted by Crippen LogP contribution is -2.53. The highest BCUT2D eigenvalue weighted by atomic mass is 79.9. The molecular weight excluding hydrogens is 575 g/mol. The van der Waals surface area contributed by atoms with Crippen LogP contribution in [0.2, 0.25) is 0 Å². The molecule has 2 aromatic carbocycles. The Hall–Kier alpha value is -2.50. The van der Waals surface area contributed by atoms with Crippen LogP contribution in [0.25, 0.3) is 0 Å². The maximum absolute atomic E-state index is 13.8. The second kappa shape index (κ2) is 10.9. The van der Waals surface area contributed by atoms with Crippen molar-refractivity contribution in [1.82, 2.24) is 9.21 Å². The summed E-state index contributed by atoms with van der Waals surface area (Å²) in [4.78, 5) is 31.5. The molecule has 8 nitrogen and oxygen atoms in total. The number of anilines is 2. The molecule has 11 heteroatoms. The first kappa shape index (κ1) is 27.1. The van der Waals surface area contributed by atoms with Gasteiger partial charge in [0.15, 0.2) is 0 Å². The fourth-order valence-corrected chi connectivity index (χ4v) is 8.23. The molecule has 1 unspecified atom stereocenters. The quantitative estimate of drug-likeness (QED) is 0.519. The summed E-state index contributed by atoms with van der Waals surface area (Å²) in [6.07, 6.45) is 2.29. The van der Waals surface area contributed by atoms with Gasteiger partial charge in [-0.3, -0.25) is 9.59 Å². The summed E-state index contributed by atoms with van der Waals surface area (Å²) in [7, 11) is -3.88. The Bertz CT molecular complexity index is 1330. The topological polar surface area (TPSA) is 81.2 Å². The van der Waals surface area contributed by atoms with E-state index in [2.05, 4.69) is 20.8 Å². The summed E-state index contributed by atoms with van der Waals surface area (Å²) in [6.45, 7) is 5.19. The molecule has 0 aliphatic carbocycles. The molecule has 3 aliphatic heterocycles. The molecule has 0 radical (unpaired) electrons. The molecule has 5 rings (SSSR count). The van der Waals surface area contributed by atoms with Gasteiger partial charge in [-0.1, -0.05) is 6.92 Å². The smallest absolute Gasteiger partial charge is 0.244 e. The molecule has 2 saturated heterocycles. The van der Waals surface area contributed by atoms with Gasteiger partial charge in [-0.05, 0) is 77.2 Å². The van der Waals surface area contributed by atoms with Gasteiger partial charge in [-0.2, -0.15) is 4.31 Å². The van der Waals surface area contributed by atoms with Crippen LogP contribution in [0.15, 0.2) is 45.8 Å². The van der Waals surface area contributed by atoms with E-state index in [0.29, 0.717) is 75.1 Å². The van der Waals surface area contributed by atoms with E-state index in [1.807, 2.05) is 4.90 Å². The zero-order valence-electron chi connectivity index (χ0n) is 21.4. The molecule has 0 saturated carbocycles. The van der Waals surface area contributed by atoms with E-state index >= 15 is 0 Å². The number of sulfonamides is 1. The summed E-state index contributed by atoms with van der Waals surface area (Å²) in [5.74, 6) is -0.728. The molecule has 0 N–H and O–H groups in total. The average Bonchev–Trinajstić information content (AvgIpc) is 3.35. The normalized spacial score (nSPS) is 20.5. The molecule has 2 fully saturated rings. The molecule has 2 aromatic rings. The average molecular weight is 608 g/mol. The lowest BCUT2D eigenvalue weighted by molar-refractivity contribution is -0.137. The van der Waals surface area contributed by atoms with Gasteiger partial charge in [0.2, 0.25) is 21.8 Å². The third-order valence-corrected chi connectivity index (χ3v) is 10.6. The molecule has 2 amide bonds. The number of nitrogens with zero attached hydrogens (tertiary/aromatic N) is 4. The SMILES string of the molecule is CCC(=O)N1CCc2cc(Br)c(S(=O)(=O)N3CCCC(C(=O)N4CCN(c5ccc(F)cc5)CC4)C3)cc21. The number of amides is 2. The van der Waals surface area contributed by atoms with Crippen LogP contribution in [-0.4, -0.2) is 75.3 Å². The Balaban J connectivity index is 1.28. The third-order valence-electron chi connectivity index (χ3n) is 7.77. The van der Waals surface area contributed by atoms with Gasteiger partial charge in [-0.15, -0.1) is 0 Å². The van der Waals surface area contributed by atoms with Crippen molar-refractivity contribution in [3.05, 3.63) is 52.3 Å². The van der Waals surface area contributed by atoms with Crippen molar-refractivity contribution in [2.75, 3.05) is 55.6 Å². The van der Waals surface area contributed by atoms with Crippen LogP contribution < -0.4 is 9.80 Å². The van der Waals surface area contributed by atoms with Crippen LogP contribution in [0.5, 0.6) is 0 Å². The molecule has 3 heterocycles. The fraction of sp³-hybridized carbons (Fsp3) is 0.481. The molecule has 38 heavy (non-hydrogen) atoms. The van der Waals surface area contributed by atoms with Crippen molar-refractivity contribution in [2.24, 2.45) is 5.92 Å². The third kappa shape index (κ3) is 5.20. The summed E-state index contributed by atoms with van der Waals surface area (Å²) >= 11 is 3.45. The molecule has 0 aromatic heterocycles. The first-order valence-corrected chi connectivity index (χ1v) is 15.3. The van der Waals surface area contributed by atoms with Crippen molar-refractivity contribution in [2.45, 2.75) is 37.5 Å². The summed E-state index contributed by atoms with van der Waals surface area (Å²) in [5, 5.41) is 0. The van der Waals surface area contributed by atoms with E-state index in [9.17, 15) is 22.4 Å². The standard InChI is InChI=1S/C27H32BrFN4O4S/c1-2-26(34)33-11-9-19-16-23(28)25(17-24(19)33)38(36,37)32-10-3-4-20(18-32)27(35)31-14-12-30(13-15-31)22-7-5-21(29)6-8-22/h5-8,16-17,20H,2-4,9-15,18H2,1H3. The highest BCUT2D eigenvalue weighted by molar-refractivity contribution is 9.10. The predicted octanol–water partition coefficient (Wildman–Crippen LogP) is 3.64. The minimum atomic E-state index is -3.88. The Morgan fingerprint density at radius 3 is 2.42 bits per heavy atom. The van der Waals surface area contributed by atoms with Gasteiger partial charge in [0.1, 0.15) is 5.82 Å². The molecule has 204 valence electrons. The maximum Gasteiger partial charge on any atom is 0.244 e. The van der Waals surface area contributed by atoms with Crippen LogP contribution in [0.3, 0.4) is 0 Å². The van der Waals surface area contributed by atoms with Crippen LogP contribution >= 0.6 is 15.9 Å². The van der Waals surface area contributed by atoms with Gasteiger partial charge in [0, 0.05) is 68.1 Å². The van der Waals surface area contributed by atoms with Crippen molar-refractivity contribution in [3.63, 3.8) is 0 Å². The van der Waals surface area contributed by atoms with E-state index < -0.39 is 15.9 Å². The number of halogens is 2. The summed E-state index contributed by atoms with van der Waals surface area (Å²) in [5.41, 5.74) is 2.53. The minimum absolute atomic E-state index is 0.0172. The van der Waals surface area contributed by atoms with E-state index in [0.717, 1.165) is 11.3 Å². The lowest BCUT2D eigenvalue weighted by atomic mass is 9.97. The number of fused-ring (bicyclic) bond motifs is 1. The number of rotatable bonds is 5. The molecule has 0 spiro atoms. The molecule has 0 bridgehead atoms. The van der Waals surface area contributed by atoms with Gasteiger partial charge < -0.3 is 14.7 Å². The maximum atomic E-state index is 13.8. The van der Waals surface area contributed by atoms with Gasteiger partial charge in [0.05, 0.1) is 10.8 Å². The highest BCUT2D eigenvalue weighted by Gasteiger charge is 2.37. The Kier molecular flexibility index (Phi) is 7.79. The number of carbonyl (C=O) groups is 2. The number of benzene rings is 2. The molecule has 1 atom stereocenters. The number of hydrogen-bond donors (Lipinski definition) is 0. The summed E-state index contributed by atoms with van der Waals surface area (Å²) < 4.78 is 42.7. The predicted molar refractivity (Wildman–Crippen MR) is 147 cm³/mol. The monoisotopic (exact) mass is 606 g/mol. The van der Waals surface area contributed by atoms with E-state index in [4.69, 9.17) is 0 Å². The number of piperidine rings is 1. The fourth-order valence-electron chi connectivity index (χ4n) is 5.63. The number of piperazine rings is 1. The van der Waals surface area contributed by atoms with Crippen LogP contribution in [0.4, 0.5) is 15.8 Å². The van der Waals surface area contributed by atoms with Crippen molar-refractivity contribution >= 4 is 49.1 Å². The minimum Gasteiger partial charge on any atom is -0.368 e. The molecule has 3 aliphatic rings. The zero-order chi connectivity index (χ0) is 27.0. The number of hydrogen-bond acceptors (Lipinski definition) is 5. The van der Waals surface area contributed by atoms with Crippen molar-refractivity contribution < 1.29 is 22.4 Å². The lowest BCUT2D eigenvalue weighted by Gasteiger charge is -2.39. The van der Waals surface area contributed by atoms with Crippen molar-refractivity contribution in [3.8, 4) is 0 Å². The Morgan fingerprint density at radius 1 is 1.03 bits per heavy atom.